The second kappa shape index (κ2) is 7.11. The first-order chi connectivity index (χ1) is 8.88. The number of hydrogen-bond donors (Lipinski definition) is 3. The summed E-state index contributed by atoms with van der Waals surface area (Å²) in [4.78, 5) is 33.6. The molecule has 2 amide bonds. The molecule has 1 fully saturated rings. The number of carboxylic acid groups (broad SMARTS) is 1. The summed E-state index contributed by atoms with van der Waals surface area (Å²) in [5.74, 6) is -0.866. The van der Waals surface area contributed by atoms with Gasteiger partial charge in [-0.25, -0.2) is 0 Å². The molecular weight excluding hydrogens is 248 g/mol. The fourth-order valence-corrected chi connectivity index (χ4v) is 2.33. The average molecular weight is 270 g/mol. The van der Waals surface area contributed by atoms with Crippen LogP contribution in [0.4, 0.5) is 0 Å². The first kappa shape index (κ1) is 15.5. The lowest BCUT2D eigenvalue weighted by Crippen LogP contribution is -2.43. The second-order valence-electron chi connectivity index (χ2n) is 5.50. The zero-order chi connectivity index (χ0) is 14.4. The average Bonchev–Trinajstić information content (AvgIpc) is 2.71. The van der Waals surface area contributed by atoms with E-state index in [2.05, 4.69) is 10.6 Å². The maximum absolute atomic E-state index is 11.8. The van der Waals surface area contributed by atoms with Crippen molar-refractivity contribution >= 4 is 17.8 Å². The first-order valence-corrected chi connectivity index (χ1v) is 6.67. The van der Waals surface area contributed by atoms with Crippen LogP contribution in [0.1, 0.15) is 39.5 Å². The van der Waals surface area contributed by atoms with Gasteiger partial charge in [-0.1, -0.05) is 13.8 Å². The minimum atomic E-state index is -0.853. The number of amides is 2. The molecule has 0 unspecified atom stereocenters. The molecule has 0 spiro atoms. The van der Waals surface area contributed by atoms with Gasteiger partial charge in [0.25, 0.3) is 0 Å². The van der Waals surface area contributed by atoms with Gasteiger partial charge in [-0.2, -0.15) is 0 Å². The summed E-state index contributed by atoms with van der Waals surface area (Å²) in [6.07, 6.45) is 1.69. The molecule has 0 aliphatic carbocycles. The van der Waals surface area contributed by atoms with Gasteiger partial charge in [-0.3, -0.25) is 14.4 Å². The van der Waals surface area contributed by atoms with Crippen LogP contribution in [-0.4, -0.2) is 35.5 Å². The standard InChI is InChI=1S/C13H22N2O4/c1-8(2)5-9(6-12(17)18)7-14-13(19)10-3-4-11(16)15-10/h8-10H,3-7H2,1-2H3,(H,14,19)(H,15,16)(H,17,18)/t9-,10-/m0/s1. The third-order valence-corrected chi connectivity index (χ3v) is 3.14. The van der Waals surface area contributed by atoms with Gasteiger partial charge in [0.15, 0.2) is 0 Å². The van der Waals surface area contributed by atoms with Gasteiger partial charge in [-0.05, 0) is 24.7 Å². The highest BCUT2D eigenvalue weighted by atomic mass is 16.4. The molecule has 0 aromatic carbocycles. The van der Waals surface area contributed by atoms with Gasteiger partial charge in [-0.15, -0.1) is 0 Å². The van der Waals surface area contributed by atoms with Crippen LogP contribution in [0.15, 0.2) is 0 Å². The fraction of sp³-hybridized carbons (Fsp3) is 0.769. The smallest absolute Gasteiger partial charge is 0.303 e. The van der Waals surface area contributed by atoms with Gasteiger partial charge in [0.2, 0.25) is 11.8 Å². The Hall–Kier alpha value is -1.59. The highest BCUT2D eigenvalue weighted by molar-refractivity contribution is 5.90. The highest BCUT2D eigenvalue weighted by Gasteiger charge is 2.27. The predicted octanol–water partition coefficient (Wildman–Crippen LogP) is 0.518. The minimum absolute atomic E-state index is 0.0511. The lowest BCUT2D eigenvalue weighted by Gasteiger charge is -2.19. The Labute approximate surface area is 112 Å². The van der Waals surface area contributed by atoms with E-state index in [-0.39, 0.29) is 24.2 Å². The summed E-state index contributed by atoms with van der Waals surface area (Å²) in [6, 6.07) is -0.461. The van der Waals surface area contributed by atoms with E-state index in [4.69, 9.17) is 5.11 Å². The van der Waals surface area contributed by atoms with E-state index in [9.17, 15) is 14.4 Å². The summed E-state index contributed by atoms with van der Waals surface area (Å²) in [5.41, 5.74) is 0. The van der Waals surface area contributed by atoms with Crippen molar-refractivity contribution in [3.8, 4) is 0 Å². The van der Waals surface area contributed by atoms with E-state index in [0.717, 1.165) is 6.42 Å². The van der Waals surface area contributed by atoms with Gasteiger partial charge >= 0.3 is 5.97 Å². The molecule has 19 heavy (non-hydrogen) atoms. The summed E-state index contributed by atoms with van der Waals surface area (Å²) < 4.78 is 0. The molecule has 0 aromatic heterocycles. The van der Waals surface area contributed by atoms with Crippen molar-refractivity contribution < 1.29 is 19.5 Å². The van der Waals surface area contributed by atoms with Crippen molar-refractivity contribution in [1.82, 2.24) is 10.6 Å². The SMILES string of the molecule is CC(C)C[C@H](CNC(=O)[C@@H]1CCC(=O)N1)CC(=O)O. The molecule has 2 atom stereocenters. The highest BCUT2D eigenvalue weighted by Crippen LogP contribution is 2.15. The van der Waals surface area contributed by atoms with Crippen molar-refractivity contribution in [3.05, 3.63) is 0 Å². The zero-order valence-corrected chi connectivity index (χ0v) is 11.4. The van der Waals surface area contributed by atoms with Crippen LogP contribution >= 0.6 is 0 Å². The van der Waals surface area contributed by atoms with Crippen LogP contribution in [0, 0.1) is 11.8 Å². The number of carbonyl (C=O) groups is 3. The Kier molecular flexibility index (Phi) is 5.79. The zero-order valence-electron chi connectivity index (χ0n) is 11.4. The monoisotopic (exact) mass is 270 g/mol. The molecule has 3 N–H and O–H groups in total. The number of nitrogens with one attached hydrogen (secondary N) is 2. The number of carbonyl (C=O) groups excluding carboxylic acids is 2. The lowest BCUT2D eigenvalue weighted by atomic mass is 9.94. The van der Waals surface area contributed by atoms with Crippen LogP contribution in [0.5, 0.6) is 0 Å². The summed E-state index contributed by atoms with van der Waals surface area (Å²) in [5, 5.41) is 14.2. The normalized spacial score (nSPS) is 20.2. The summed E-state index contributed by atoms with van der Waals surface area (Å²) in [6.45, 7) is 4.39. The molecule has 6 heteroatoms. The summed E-state index contributed by atoms with van der Waals surface area (Å²) >= 11 is 0. The van der Waals surface area contributed by atoms with E-state index >= 15 is 0 Å². The van der Waals surface area contributed by atoms with Crippen molar-refractivity contribution in [2.24, 2.45) is 11.8 Å². The quantitative estimate of drug-likeness (QED) is 0.628. The van der Waals surface area contributed by atoms with E-state index in [1.807, 2.05) is 13.8 Å². The fourth-order valence-electron chi connectivity index (χ4n) is 2.33. The molecule has 1 aliphatic rings. The Morgan fingerprint density at radius 1 is 1.47 bits per heavy atom. The van der Waals surface area contributed by atoms with Gasteiger partial charge in [0.1, 0.15) is 6.04 Å². The van der Waals surface area contributed by atoms with Crippen molar-refractivity contribution in [2.75, 3.05) is 6.54 Å². The molecular formula is C13H22N2O4. The maximum Gasteiger partial charge on any atom is 0.303 e. The van der Waals surface area contributed by atoms with Crippen LogP contribution in [0.25, 0.3) is 0 Å². The number of aliphatic carboxylic acids is 1. The van der Waals surface area contributed by atoms with E-state index in [1.54, 1.807) is 0 Å². The molecule has 0 aromatic rings. The summed E-state index contributed by atoms with van der Waals surface area (Å²) in [7, 11) is 0. The topological polar surface area (TPSA) is 95.5 Å². The van der Waals surface area contributed by atoms with E-state index in [0.29, 0.717) is 25.3 Å². The molecule has 0 radical (unpaired) electrons. The number of carboxylic acids is 1. The molecule has 0 bridgehead atoms. The maximum atomic E-state index is 11.8. The third-order valence-electron chi connectivity index (χ3n) is 3.14. The molecule has 1 saturated heterocycles. The molecule has 108 valence electrons. The van der Waals surface area contributed by atoms with Crippen LogP contribution < -0.4 is 10.6 Å². The minimum Gasteiger partial charge on any atom is -0.481 e. The molecule has 0 saturated carbocycles. The predicted molar refractivity (Wildman–Crippen MR) is 69.4 cm³/mol. The Balaban J connectivity index is 2.39. The molecule has 1 aliphatic heterocycles. The number of hydrogen-bond acceptors (Lipinski definition) is 3. The first-order valence-electron chi connectivity index (χ1n) is 6.67. The molecule has 1 rings (SSSR count). The Morgan fingerprint density at radius 2 is 2.16 bits per heavy atom. The van der Waals surface area contributed by atoms with E-state index in [1.165, 1.54) is 0 Å². The molecule has 1 heterocycles. The Bertz CT molecular complexity index is 355. The van der Waals surface area contributed by atoms with E-state index < -0.39 is 12.0 Å². The van der Waals surface area contributed by atoms with Crippen LogP contribution in [0.2, 0.25) is 0 Å². The van der Waals surface area contributed by atoms with Crippen LogP contribution in [0.3, 0.4) is 0 Å². The van der Waals surface area contributed by atoms with Gasteiger partial charge in [0.05, 0.1) is 0 Å². The van der Waals surface area contributed by atoms with Gasteiger partial charge < -0.3 is 15.7 Å². The molecule has 6 nitrogen and oxygen atoms in total. The second-order valence-corrected chi connectivity index (χ2v) is 5.50. The Morgan fingerprint density at radius 3 is 2.63 bits per heavy atom. The van der Waals surface area contributed by atoms with Crippen molar-refractivity contribution in [2.45, 2.75) is 45.6 Å². The van der Waals surface area contributed by atoms with Crippen LogP contribution in [-0.2, 0) is 14.4 Å². The third kappa shape index (κ3) is 5.72. The van der Waals surface area contributed by atoms with Gasteiger partial charge in [0, 0.05) is 19.4 Å². The largest absolute Gasteiger partial charge is 0.481 e. The number of rotatable bonds is 7. The van der Waals surface area contributed by atoms with Crippen molar-refractivity contribution in [1.29, 1.82) is 0 Å². The van der Waals surface area contributed by atoms with Crippen molar-refractivity contribution in [3.63, 3.8) is 0 Å². The lowest BCUT2D eigenvalue weighted by molar-refractivity contribution is -0.138.